The quantitative estimate of drug-likeness (QED) is 0.401. The molecule has 0 unspecified atom stereocenters. The average Bonchev–Trinajstić information content (AvgIpc) is 2.02. The van der Waals surface area contributed by atoms with Gasteiger partial charge >= 0.3 is 0 Å². The fourth-order valence-electron chi connectivity index (χ4n) is 0.509. The number of aldehydes is 1. The van der Waals surface area contributed by atoms with Gasteiger partial charge in [-0.25, -0.2) is 0 Å². The smallest absolute Gasteiger partial charge is 0.160 e. The molecule has 2 atom stereocenters. The summed E-state index contributed by atoms with van der Waals surface area (Å²) in [6.07, 6.45) is -3.23. The standard InChI is InChI=1S/C6H10O5/c7-2-4(9)1-5(10)6(11)3-8/h3,5-7,10-11H,1-2H2/t5-,6-/m0/s1. The molecular formula is C6H10O5. The lowest BCUT2D eigenvalue weighted by Gasteiger charge is -2.09. The van der Waals surface area contributed by atoms with E-state index < -0.39 is 31.0 Å². The van der Waals surface area contributed by atoms with Crippen LogP contribution in [0.2, 0.25) is 0 Å². The maximum absolute atomic E-state index is 10.4. The molecule has 0 saturated carbocycles. The second-order valence-corrected chi connectivity index (χ2v) is 2.09. The molecule has 0 aromatic rings. The number of carbonyl (C=O) groups excluding carboxylic acids is 2. The number of Topliss-reactive ketones (excluding diaryl/α,β-unsaturated/α-hetero) is 1. The summed E-state index contributed by atoms with van der Waals surface area (Å²) >= 11 is 0. The molecule has 0 saturated heterocycles. The van der Waals surface area contributed by atoms with Crippen molar-refractivity contribution in [2.75, 3.05) is 6.61 Å². The number of aliphatic hydroxyl groups is 3. The first-order valence-corrected chi connectivity index (χ1v) is 3.05. The average molecular weight is 162 g/mol. The number of ketones is 1. The van der Waals surface area contributed by atoms with Crippen LogP contribution in [-0.2, 0) is 9.59 Å². The third kappa shape index (κ3) is 3.82. The molecule has 0 radical (unpaired) electrons. The Kier molecular flexibility index (Phi) is 4.60. The third-order valence-corrected chi connectivity index (χ3v) is 1.15. The van der Waals surface area contributed by atoms with Gasteiger partial charge in [-0.1, -0.05) is 0 Å². The first-order chi connectivity index (χ1) is 5.11. The molecule has 0 aliphatic rings. The molecule has 0 spiro atoms. The van der Waals surface area contributed by atoms with E-state index in [2.05, 4.69) is 0 Å². The van der Waals surface area contributed by atoms with E-state index >= 15 is 0 Å². The monoisotopic (exact) mass is 162 g/mol. The van der Waals surface area contributed by atoms with Crippen molar-refractivity contribution in [3.05, 3.63) is 0 Å². The zero-order valence-corrected chi connectivity index (χ0v) is 5.80. The molecule has 0 bridgehead atoms. The Bertz CT molecular complexity index is 144. The van der Waals surface area contributed by atoms with Crippen LogP contribution in [0.15, 0.2) is 0 Å². The van der Waals surface area contributed by atoms with Crippen molar-refractivity contribution in [3.8, 4) is 0 Å². The van der Waals surface area contributed by atoms with E-state index in [0.29, 0.717) is 0 Å². The Hall–Kier alpha value is -0.780. The second kappa shape index (κ2) is 4.95. The summed E-state index contributed by atoms with van der Waals surface area (Å²) in [7, 11) is 0. The van der Waals surface area contributed by atoms with Gasteiger partial charge in [0.15, 0.2) is 12.1 Å². The van der Waals surface area contributed by atoms with Crippen molar-refractivity contribution in [3.63, 3.8) is 0 Å². The second-order valence-electron chi connectivity index (χ2n) is 2.09. The maximum atomic E-state index is 10.4. The predicted octanol–water partition coefficient (Wildman–Crippen LogP) is -2.14. The Morgan fingerprint density at radius 3 is 2.36 bits per heavy atom. The van der Waals surface area contributed by atoms with Gasteiger partial charge in [-0.3, -0.25) is 4.79 Å². The SMILES string of the molecule is O=C[C@H](O)[C@@H](O)CC(=O)CO. The number of aliphatic hydroxyl groups excluding tert-OH is 3. The summed E-state index contributed by atoms with van der Waals surface area (Å²) in [5.74, 6) is -0.613. The van der Waals surface area contributed by atoms with E-state index in [1.807, 2.05) is 0 Å². The van der Waals surface area contributed by atoms with Gasteiger partial charge in [0.05, 0.1) is 6.10 Å². The van der Waals surface area contributed by atoms with Crippen LogP contribution in [0.4, 0.5) is 0 Å². The van der Waals surface area contributed by atoms with Gasteiger partial charge in [0.2, 0.25) is 0 Å². The molecule has 0 amide bonds. The van der Waals surface area contributed by atoms with Crippen LogP contribution < -0.4 is 0 Å². The molecule has 64 valence electrons. The fourth-order valence-corrected chi connectivity index (χ4v) is 0.509. The predicted molar refractivity (Wildman–Crippen MR) is 34.8 cm³/mol. The molecule has 5 nitrogen and oxygen atoms in total. The third-order valence-electron chi connectivity index (χ3n) is 1.15. The van der Waals surface area contributed by atoms with Crippen LogP contribution in [0.25, 0.3) is 0 Å². The number of hydrogen-bond donors (Lipinski definition) is 3. The van der Waals surface area contributed by atoms with Crippen molar-refractivity contribution < 1.29 is 24.9 Å². The zero-order valence-electron chi connectivity index (χ0n) is 5.80. The van der Waals surface area contributed by atoms with Crippen molar-refractivity contribution in [2.45, 2.75) is 18.6 Å². The topological polar surface area (TPSA) is 94.8 Å². The number of rotatable bonds is 5. The van der Waals surface area contributed by atoms with Crippen molar-refractivity contribution >= 4 is 12.1 Å². The van der Waals surface area contributed by atoms with Gasteiger partial charge in [0, 0.05) is 6.42 Å². The minimum Gasteiger partial charge on any atom is -0.389 e. The van der Waals surface area contributed by atoms with Gasteiger partial charge in [0.25, 0.3) is 0 Å². The first-order valence-electron chi connectivity index (χ1n) is 3.05. The van der Waals surface area contributed by atoms with E-state index in [1.54, 1.807) is 0 Å². The van der Waals surface area contributed by atoms with Crippen molar-refractivity contribution in [1.82, 2.24) is 0 Å². The lowest BCUT2D eigenvalue weighted by Crippen LogP contribution is -2.30. The number of hydrogen-bond acceptors (Lipinski definition) is 5. The Labute approximate surface area is 63.3 Å². The summed E-state index contributed by atoms with van der Waals surface area (Å²) in [5, 5.41) is 25.6. The van der Waals surface area contributed by atoms with Gasteiger partial charge < -0.3 is 20.1 Å². The van der Waals surface area contributed by atoms with Gasteiger partial charge in [-0.15, -0.1) is 0 Å². The van der Waals surface area contributed by atoms with Crippen molar-refractivity contribution in [1.29, 1.82) is 0 Å². The molecule has 0 heterocycles. The van der Waals surface area contributed by atoms with Gasteiger partial charge in [0.1, 0.15) is 12.7 Å². The van der Waals surface area contributed by atoms with Gasteiger partial charge in [-0.2, -0.15) is 0 Å². The van der Waals surface area contributed by atoms with Gasteiger partial charge in [-0.05, 0) is 0 Å². The van der Waals surface area contributed by atoms with Crippen LogP contribution in [0.3, 0.4) is 0 Å². The lowest BCUT2D eigenvalue weighted by molar-refractivity contribution is -0.128. The van der Waals surface area contributed by atoms with Crippen LogP contribution in [0.1, 0.15) is 6.42 Å². The largest absolute Gasteiger partial charge is 0.389 e. The minimum atomic E-state index is -1.55. The molecular weight excluding hydrogens is 152 g/mol. The van der Waals surface area contributed by atoms with E-state index in [9.17, 15) is 9.59 Å². The molecule has 0 aromatic heterocycles. The molecule has 0 aliphatic carbocycles. The normalized spacial score (nSPS) is 15.5. The minimum absolute atomic E-state index is 0.134. The van der Waals surface area contributed by atoms with E-state index in [-0.39, 0.29) is 6.29 Å². The highest BCUT2D eigenvalue weighted by molar-refractivity contribution is 5.80. The maximum Gasteiger partial charge on any atom is 0.160 e. The van der Waals surface area contributed by atoms with E-state index in [1.165, 1.54) is 0 Å². The summed E-state index contributed by atoms with van der Waals surface area (Å²) < 4.78 is 0. The highest BCUT2D eigenvalue weighted by Gasteiger charge is 2.17. The van der Waals surface area contributed by atoms with Crippen LogP contribution in [0.5, 0.6) is 0 Å². The molecule has 3 N–H and O–H groups in total. The molecule has 0 rings (SSSR count). The summed E-state index contributed by atoms with van der Waals surface area (Å²) in [6, 6.07) is 0. The summed E-state index contributed by atoms with van der Waals surface area (Å²) in [4.78, 5) is 20.2. The van der Waals surface area contributed by atoms with E-state index in [4.69, 9.17) is 15.3 Å². The molecule has 11 heavy (non-hydrogen) atoms. The van der Waals surface area contributed by atoms with Crippen LogP contribution >= 0.6 is 0 Å². The molecule has 5 heteroatoms. The summed E-state index contributed by atoms with van der Waals surface area (Å²) in [5.41, 5.74) is 0. The first kappa shape index (κ1) is 10.2. The highest BCUT2D eigenvalue weighted by atomic mass is 16.3. The lowest BCUT2D eigenvalue weighted by atomic mass is 10.1. The fraction of sp³-hybridized carbons (Fsp3) is 0.667. The van der Waals surface area contributed by atoms with Crippen LogP contribution in [-0.4, -0.2) is 46.2 Å². The number of carbonyl (C=O) groups is 2. The van der Waals surface area contributed by atoms with Crippen molar-refractivity contribution in [2.24, 2.45) is 0 Å². The molecule has 0 aliphatic heterocycles. The van der Waals surface area contributed by atoms with Crippen LogP contribution in [0, 0.1) is 0 Å². The Morgan fingerprint density at radius 1 is 1.45 bits per heavy atom. The highest BCUT2D eigenvalue weighted by Crippen LogP contribution is 1.96. The Balaban J connectivity index is 3.76. The Morgan fingerprint density at radius 2 is 2.00 bits per heavy atom. The summed E-state index contributed by atoms with van der Waals surface area (Å²) in [6.45, 7) is -0.692. The van der Waals surface area contributed by atoms with E-state index in [0.717, 1.165) is 0 Å². The zero-order chi connectivity index (χ0) is 8.85. The molecule has 0 aromatic carbocycles. The molecule has 0 fully saturated rings.